The second-order valence-electron chi connectivity index (χ2n) is 6.84. The molecule has 1 amide bonds. The average Bonchev–Trinajstić information content (AvgIpc) is 2.89. The van der Waals surface area contributed by atoms with Gasteiger partial charge < -0.3 is 9.64 Å². The van der Waals surface area contributed by atoms with Crippen molar-refractivity contribution in [2.24, 2.45) is 0 Å². The summed E-state index contributed by atoms with van der Waals surface area (Å²) in [7, 11) is 1.69. The summed E-state index contributed by atoms with van der Waals surface area (Å²) in [4.78, 5) is 19.6. The zero-order valence-electron chi connectivity index (χ0n) is 16.0. The molecule has 26 heavy (non-hydrogen) atoms. The summed E-state index contributed by atoms with van der Waals surface area (Å²) in [5.74, 6) is 1.09. The first-order valence-electron chi connectivity index (χ1n) is 9.34. The highest BCUT2D eigenvalue weighted by atomic mass is 32.1. The second-order valence-corrected chi connectivity index (χ2v) is 7.98. The molecular weight excluding hydrogens is 344 g/mol. The van der Waals surface area contributed by atoms with Crippen LogP contribution in [0.4, 0.5) is 0 Å². The van der Waals surface area contributed by atoms with Crippen LogP contribution in [0.3, 0.4) is 0 Å². The van der Waals surface area contributed by atoms with Gasteiger partial charge in [-0.25, -0.2) is 0 Å². The molecule has 0 unspecified atom stereocenters. The van der Waals surface area contributed by atoms with Crippen molar-refractivity contribution in [1.82, 2.24) is 9.80 Å². The third kappa shape index (κ3) is 4.46. The highest BCUT2D eigenvalue weighted by molar-refractivity contribution is 7.14. The molecular formula is C21H28N2O2S. The molecule has 140 valence electrons. The molecule has 1 aromatic carbocycles. The first-order valence-corrected chi connectivity index (χ1v) is 10.2. The highest BCUT2D eigenvalue weighted by Gasteiger charge is 2.22. The molecule has 5 heteroatoms. The van der Waals surface area contributed by atoms with E-state index in [0.29, 0.717) is 0 Å². The van der Waals surface area contributed by atoms with E-state index in [1.165, 1.54) is 16.0 Å². The molecule has 1 aliphatic heterocycles. The molecule has 1 saturated heterocycles. The highest BCUT2D eigenvalue weighted by Crippen LogP contribution is 2.24. The Balaban J connectivity index is 1.59. The van der Waals surface area contributed by atoms with Crippen molar-refractivity contribution in [3.05, 3.63) is 51.2 Å². The van der Waals surface area contributed by atoms with E-state index in [4.69, 9.17) is 4.74 Å². The molecule has 4 nitrogen and oxygen atoms in total. The molecule has 0 bridgehead atoms. The minimum atomic E-state index is 0.198. The molecule has 0 aliphatic carbocycles. The van der Waals surface area contributed by atoms with Crippen LogP contribution in [0.2, 0.25) is 0 Å². The Labute approximate surface area is 160 Å². The van der Waals surface area contributed by atoms with E-state index in [0.717, 1.165) is 56.2 Å². The van der Waals surface area contributed by atoms with E-state index >= 15 is 0 Å². The fourth-order valence-corrected chi connectivity index (χ4v) is 4.54. The molecule has 1 fully saturated rings. The predicted molar refractivity (Wildman–Crippen MR) is 107 cm³/mol. The van der Waals surface area contributed by atoms with Crippen LogP contribution in [0, 0.1) is 6.92 Å². The topological polar surface area (TPSA) is 32.8 Å². The molecule has 0 N–H and O–H groups in total. The molecule has 1 aromatic heterocycles. The van der Waals surface area contributed by atoms with Crippen molar-refractivity contribution in [3.63, 3.8) is 0 Å². The Morgan fingerprint density at radius 3 is 2.58 bits per heavy atom. The van der Waals surface area contributed by atoms with E-state index < -0.39 is 0 Å². The summed E-state index contributed by atoms with van der Waals surface area (Å²) in [5, 5.41) is 0. The van der Waals surface area contributed by atoms with Crippen molar-refractivity contribution >= 4 is 17.2 Å². The number of aryl methyl sites for hydroxylation is 2. The summed E-state index contributed by atoms with van der Waals surface area (Å²) in [5.41, 5.74) is 2.53. The minimum absolute atomic E-state index is 0.198. The van der Waals surface area contributed by atoms with Crippen LogP contribution in [0.1, 0.15) is 39.0 Å². The third-order valence-corrected chi connectivity index (χ3v) is 6.36. The van der Waals surface area contributed by atoms with Crippen LogP contribution < -0.4 is 4.74 Å². The number of nitrogens with zero attached hydrogens (tertiary/aromatic N) is 2. The van der Waals surface area contributed by atoms with Gasteiger partial charge in [-0.1, -0.05) is 19.1 Å². The number of methoxy groups -OCH3 is 1. The van der Waals surface area contributed by atoms with Crippen LogP contribution in [-0.2, 0) is 13.0 Å². The Morgan fingerprint density at radius 2 is 1.92 bits per heavy atom. The van der Waals surface area contributed by atoms with Crippen molar-refractivity contribution in [3.8, 4) is 5.75 Å². The molecule has 0 radical (unpaired) electrons. The Hall–Kier alpha value is -1.85. The lowest BCUT2D eigenvalue weighted by molar-refractivity contribution is 0.0766. The summed E-state index contributed by atoms with van der Waals surface area (Å²) in [6.45, 7) is 8.76. The molecule has 0 spiro atoms. The number of carbonyl (C=O) groups is 1. The average molecular weight is 373 g/mol. The second kappa shape index (κ2) is 8.69. The number of rotatable bonds is 5. The van der Waals surface area contributed by atoms with E-state index in [2.05, 4.69) is 36.9 Å². The fourth-order valence-electron chi connectivity index (χ4n) is 3.45. The van der Waals surface area contributed by atoms with Crippen molar-refractivity contribution in [2.45, 2.75) is 33.2 Å². The van der Waals surface area contributed by atoms with Gasteiger partial charge in [0, 0.05) is 37.6 Å². The molecule has 2 heterocycles. The summed E-state index contributed by atoms with van der Waals surface area (Å²) < 4.78 is 5.22. The number of hydrogen-bond donors (Lipinski definition) is 0. The first kappa shape index (κ1) is 18.9. The first-order chi connectivity index (χ1) is 12.6. The Morgan fingerprint density at radius 1 is 1.15 bits per heavy atom. The monoisotopic (exact) mass is 372 g/mol. The van der Waals surface area contributed by atoms with Gasteiger partial charge >= 0.3 is 0 Å². The van der Waals surface area contributed by atoms with Crippen LogP contribution in [-0.4, -0.2) is 49.0 Å². The summed E-state index contributed by atoms with van der Waals surface area (Å²) >= 11 is 1.66. The van der Waals surface area contributed by atoms with Crippen LogP contribution in [0.15, 0.2) is 30.3 Å². The van der Waals surface area contributed by atoms with E-state index in [1.54, 1.807) is 18.4 Å². The van der Waals surface area contributed by atoms with Gasteiger partial charge in [-0.2, -0.15) is 0 Å². The van der Waals surface area contributed by atoms with E-state index in [9.17, 15) is 4.79 Å². The number of benzene rings is 1. The zero-order chi connectivity index (χ0) is 18.5. The zero-order valence-corrected chi connectivity index (χ0v) is 16.8. The number of thiophene rings is 1. The van der Waals surface area contributed by atoms with Crippen molar-refractivity contribution < 1.29 is 9.53 Å². The lowest BCUT2D eigenvalue weighted by atomic mass is 10.2. The summed E-state index contributed by atoms with van der Waals surface area (Å²) in [6, 6.07) is 10.3. The fraction of sp³-hybridized carbons (Fsp3) is 0.476. The Bertz CT molecular complexity index is 739. The maximum atomic E-state index is 12.9. The Kier molecular flexibility index (Phi) is 6.33. The molecule has 0 atom stereocenters. The van der Waals surface area contributed by atoms with Gasteiger partial charge in [0.25, 0.3) is 5.91 Å². The largest absolute Gasteiger partial charge is 0.497 e. The molecule has 0 saturated carbocycles. The minimum Gasteiger partial charge on any atom is -0.497 e. The van der Waals surface area contributed by atoms with Crippen molar-refractivity contribution in [2.75, 3.05) is 33.3 Å². The smallest absolute Gasteiger partial charge is 0.263 e. The van der Waals surface area contributed by atoms with Gasteiger partial charge in [0.2, 0.25) is 0 Å². The maximum absolute atomic E-state index is 12.9. The van der Waals surface area contributed by atoms with Gasteiger partial charge in [-0.15, -0.1) is 11.3 Å². The van der Waals surface area contributed by atoms with Gasteiger partial charge in [0.15, 0.2) is 0 Å². The predicted octanol–water partition coefficient (Wildman–Crippen LogP) is 3.98. The van der Waals surface area contributed by atoms with Crippen molar-refractivity contribution in [1.29, 1.82) is 0 Å². The number of carbonyl (C=O) groups excluding carboxylic acids is 1. The normalized spacial score (nSPS) is 15.7. The summed E-state index contributed by atoms with van der Waals surface area (Å²) in [6.07, 6.45) is 2.02. The van der Waals surface area contributed by atoms with E-state index in [1.807, 2.05) is 17.0 Å². The molecule has 1 aliphatic rings. The molecule has 3 rings (SSSR count). The van der Waals surface area contributed by atoms with Crippen LogP contribution in [0.25, 0.3) is 0 Å². The quantitative estimate of drug-likeness (QED) is 0.796. The lowest BCUT2D eigenvalue weighted by Gasteiger charge is -2.21. The van der Waals surface area contributed by atoms with Gasteiger partial charge in [0.05, 0.1) is 12.0 Å². The standard InChI is InChI=1S/C21H28N2O2S/c1-4-19-16(2)14-20(26-19)21(24)23-11-5-10-22(12-13-23)15-17-6-8-18(25-3)9-7-17/h6-9,14H,4-5,10-13,15H2,1-3H3. The number of amides is 1. The number of hydrogen-bond acceptors (Lipinski definition) is 4. The van der Waals surface area contributed by atoms with Gasteiger partial charge in [-0.3, -0.25) is 9.69 Å². The maximum Gasteiger partial charge on any atom is 0.263 e. The lowest BCUT2D eigenvalue weighted by Crippen LogP contribution is -2.34. The SMILES string of the molecule is CCc1sc(C(=O)N2CCCN(Cc3ccc(OC)cc3)CC2)cc1C. The van der Waals surface area contributed by atoms with E-state index in [-0.39, 0.29) is 5.91 Å². The number of ether oxygens (including phenoxy) is 1. The molecule has 2 aromatic rings. The van der Waals surface area contributed by atoms with Gasteiger partial charge in [0.1, 0.15) is 5.75 Å². The van der Waals surface area contributed by atoms with Crippen LogP contribution in [0.5, 0.6) is 5.75 Å². The van der Waals surface area contributed by atoms with Crippen LogP contribution >= 0.6 is 11.3 Å². The third-order valence-electron chi connectivity index (χ3n) is 4.99. The van der Waals surface area contributed by atoms with Gasteiger partial charge in [-0.05, 0) is 49.1 Å².